The number of amidine groups is 1. The van der Waals surface area contributed by atoms with Gasteiger partial charge in [-0.3, -0.25) is 0 Å². The number of para-hydroxylation sites is 1. The first kappa shape index (κ1) is 23.2. The zero-order valence-corrected chi connectivity index (χ0v) is 17.1. The van der Waals surface area contributed by atoms with Gasteiger partial charge in [-0.2, -0.15) is 28.1 Å². The third kappa shape index (κ3) is 7.34. The predicted molar refractivity (Wildman–Crippen MR) is 115 cm³/mol. The summed E-state index contributed by atoms with van der Waals surface area (Å²) >= 11 is 0. The summed E-state index contributed by atoms with van der Waals surface area (Å²) in [7, 11) is 0. The van der Waals surface area contributed by atoms with Crippen molar-refractivity contribution in [2.24, 2.45) is 21.5 Å². The van der Waals surface area contributed by atoms with Crippen LogP contribution >= 0.6 is 0 Å². The van der Waals surface area contributed by atoms with E-state index in [9.17, 15) is 13.2 Å². The number of alkyl halides is 3. The Morgan fingerprint density at radius 3 is 2.55 bits per heavy atom. The molecule has 2 heterocycles. The lowest BCUT2D eigenvalue weighted by molar-refractivity contribution is -0.139. The molecule has 0 amide bonds. The van der Waals surface area contributed by atoms with Gasteiger partial charge in [0.25, 0.3) is 5.89 Å². The molecule has 13 heteroatoms. The summed E-state index contributed by atoms with van der Waals surface area (Å²) < 4.78 is 46.6. The van der Waals surface area contributed by atoms with E-state index < -0.39 is 19.2 Å². The van der Waals surface area contributed by atoms with Crippen molar-refractivity contribution in [3.63, 3.8) is 0 Å². The number of rotatable bonds is 8. The number of halogens is 3. The van der Waals surface area contributed by atoms with Crippen molar-refractivity contribution >= 4 is 17.5 Å². The van der Waals surface area contributed by atoms with Gasteiger partial charge >= 0.3 is 6.18 Å². The molecule has 0 aliphatic heterocycles. The van der Waals surface area contributed by atoms with Crippen LogP contribution < -0.4 is 21.5 Å². The van der Waals surface area contributed by atoms with Crippen molar-refractivity contribution in [3.8, 4) is 17.3 Å². The predicted octanol–water partition coefficient (Wildman–Crippen LogP) is 3.07. The maximum Gasteiger partial charge on any atom is 0.392 e. The van der Waals surface area contributed by atoms with Crippen molar-refractivity contribution in [1.82, 2.24) is 15.1 Å². The number of nitrogens with zero attached hydrogens (tertiary/aromatic N) is 5. The first-order valence-electron chi connectivity index (χ1n) is 9.39. The van der Waals surface area contributed by atoms with Gasteiger partial charge < -0.3 is 26.0 Å². The summed E-state index contributed by atoms with van der Waals surface area (Å²) in [6.07, 6.45) is -4.08. The zero-order valence-electron chi connectivity index (χ0n) is 17.1. The van der Waals surface area contributed by atoms with Gasteiger partial charge in [0.2, 0.25) is 17.7 Å². The van der Waals surface area contributed by atoms with E-state index in [1.807, 2.05) is 30.3 Å². The number of nitrogens with two attached hydrogens (primary N) is 2. The van der Waals surface area contributed by atoms with Crippen LogP contribution in [0.2, 0.25) is 0 Å². The van der Waals surface area contributed by atoms with Crippen LogP contribution in [-0.4, -0.2) is 39.7 Å². The van der Waals surface area contributed by atoms with Gasteiger partial charge in [-0.15, -0.1) is 0 Å². The second-order valence-electron chi connectivity index (χ2n) is 6.43. The minimum absolute atomic E-state index is 0.0251. The summed E-state index contributed by atoms with van der Waals surface area (Å²) in [5, 5.41) is 6.66. The highest BCUT2D eigenvalue weighted by molar-refractivity contribution is 6.02. The van der Waals surface area contributed by atoms with Crippen molar-refractivity contribution in [3.05, 3.63) is 66.9 Å². The standard InChI is InChI=1S/C20H19F3N8O2/c1-12(27-14-5-3-2-4-6-14)28-19(25)29-16(24)17-30-18(33-31-17)13-7-8-15(26-11-13)32-10-9-20(21,22)23/h2-8,11,27H,1,9-10H2,(H4,24,25,28,29). The number of benzene rings is 1. The molecular formula is C20H19F3N8O2. The molecule has 5 N–H and O–H groups in total. The first-order chi connectivity index (χ1) is 15.7. The highest BCUT2D eigenvalue weighted by Gasteiger charge is 2.26. The van der Waals surface area contributed by atoms with Crippen LogP contribution in [-0.2, 0) is 0 Å². The van der Waals surface area contributed by atoms with E-state index in [0.717, 1.165) is 5.69 Å². The fourth-order valence-corrected chi connectivity index (χ4v) is 2.36. The number of anilines is 1. The molecule has 2 aromatic heterocycles. The van der Waals surface area contributed by atoms with Crippen molar-refractivity contribution < 1.29 is 22.4 Å². The summed E-state index contributed by atoms with van der Waals surface area (Å²) in [5.41, 5.74) is 12.8. The number of hydrogen-bond acceptors (Lipinski definition) is 7. The van der Waals surface area contributed by atoms with E-state index in [0.29, 0.717) is 5.56 Å². The Morgan fingerprint density at radius 1 is 1.12 bits per heavy atom. The van der Waals surface area contributed by atoms with Crippen LogP contribution in [0.1, 0.15) is 12.2 Å². The molecule has 1 aromatic carbocycles. The minimum Gasteiger partial charge on any atom is -0.477 e. The number of nitrogens with one attached hydrogen (secondary N) is 1. The van der Waals surface area contributed by atoms with Gasteiger partial charge in [-0.25, -0.2) is 4.98 Å². The molecule has 3 aromatic rings. The lowest BCUT2D eigenvalue weighted by Crippen LogP contribution is -2.21. The molecule has 0 bridgehead atoms. The van der Waals surface area contributed by atoms with Crippen LogP contribution in [0.4, 0.5) is 18.9 Å². The SMILES string of the molecule is C=C(/N=C(N)\N=C(/N)c1noc(-c2ccc(OCCC(F)(F)F)nc2)n1)Nc1ccccc1. The zero-order chi connectivity index (χ0) is 23.8. The van der Waals surface area contributed by atoms with E-state index in [4.69, 9.17) is 20.7 Å². The molecule has 3 rings (SSSR count). The molecular weight excluding hydrogens is 441 g/mol. The van der Waals surface area contributed by atoms with Gasteiger partial charge in [0.15, 0.2) is 5.84 Å². The van der Waals surface area contributed by atoms with Crippen LogP contribution in [0.5, 0.6) is 5.88 Å². The highest BCUT2D eigenvalue weighted by atomic mass is 19.4. The average molecular weight is 460 g/mol. The van der Waals surface area contributed by atoms with Gasteiger partial charge in [-0.1, -0.05) is 29.9 Å². The summed E-state index contributed by atoms with van der Waals surface area (Å²) in [5.74, 6) is -0.0589. The van der Waals surface area contributed by atoms with Crippen LogP contribution in [0.15, 0.2) is 75.6 Å². The summed E-state index contributed by atoms with van der Waals surface area (Å²) in [6.45, 7) is 3.20. The van der Waals surface area contributed by atoms with E-state index in [2.05, 4.69) is 37.0 Å². The Kier molecular flexibility index (Phi) is 7.23. The number of guanidine groups is 1. The molecule has 10 nitrogen and oxygen atoms in total. The topological polar surface area (TPSA) is 150 Å². The van der Waals surface area contributed by atoms with E-state index in [1.165, 1.54) is 18.3 Å². The van der Waals surface area contributed by atoms with Gasteiger partial charge in [0, 0.05) is 18.0 Å². The third-order valence-corrected chi connectivity index (χ3v) is 3.82. The number of ether oxygens (including phenoxy) is 1. The van der Waals surface area contributed by atoms with E-state index in [-0.39, 0.29) is 35.2 Å². The fraction of sp³-hybridized carbons (Fsp3) is 0.150. The molecule has 0 unspecified atom stereocenters. The van der Waals surface area contributed by atoms with Crippen LogP contribution in [0, 0.1) is 0 Å². The van der Waals surface area contributed by atoms with Crippen LogP contribution in [0.25, 0.3) is 11.5 Å². The molecule has 0 fully saturated rings. The van der Waals surface area contributed by atoms with Crippen molar-refractivity contribution in [1.29, 1.82) is 0 Å². The quantitative estimate of drug-likeness (QED) is 0.343. The third-order valence-electron chi connectivity index (χ3n) is 3.82. The maximum absolute atomic E-state index is 12.2. The average Bonchev–Trinajstić information content (AvgIpc) is 3.24. The lowest BCUT2D eigenvalue weighted by atomic mass is 10.3. The monoisotopic (exact) mass is 460 g/mol. The number of aromatic nitrogens is 3. The second-order valence-corrected chi connectivity index (χ2v) is 6.43. The Bertz CT molecular complexity index is 1140. The molecule has 0 aliphatic rings. The molecule has 0 spiro atoms. The number of hydrogen-bond donors (Lipinski definition) is 3. The van der Waals surface area contributed by atoms with Gasteiger partial charge in [-0.05, 0) is 18.2 Å². The molecule has 33 heavy (non-hydrogen) atoms. The van der Waals surface area contributed by atoms with E-state index >= 15 is 0 Å². The van der Waals surface area contributed by atoms with Crippen LogP contribution in [0.3, 0.4) is 0 Å². The summed E-state index contributed by atoms with van der Waals surface area (Å²) in [4.78, 5) is 15.9. The largest absolute Gasteiger partial charge is 0.477 e. The highest BCUT2D eigenvalue weighted by Crippen LogP contribution is 2.21. The normalized spacial score (nSPS) is 12.5. The molecule has 0 radical (unpaired) electrons. The smallest absolute Gasteiger partial charge is 0.392 e. The number of pyridine rings is 1. The van der Waals surface area contributed by atoms with Gasteiger partial charge in [0.1, 0.15) is 5.82 Å². The molecule has 0 atom stereocenters. The molecule has 0 aliphatic carbocycles. The van der Waals surface area contributed by atoms with Crippen molar-refractivity contribution in [2.45, 2.75) is 12.6 Å². The Balaban J connectivity index is 1.61. The molecule has 0 saturated carbocycles. The number of aliphatic imine (C=N–C) groups is 2. The molecule has 172 valence electrons. The second kappa shape index (κ2) is 10.3. The lowest BCUT2D eigenvalue weighted by Gasteiger charge is -2.07. The fourth-order valence-electron chi connectivity index (χ4n) is 2.36. The Hall–Kier alpha value is -4.42. The molecule has 0 saturated heterocycles. The minimum atomic E-state index is -4.30. The van der Waals surface area contributed by atoms with E-state index in [1.54, 1.807) is 0 Å². The Labute approximate surface area is 185 Å². The summed E-state index contributed by atoms with van der Waals surface area (Å²) in [6, 6.07) is 12.1. The first-order valence-corrected chi connectivity index (χ1v) is 9.39. The van der Waals surface area contributed by atoms with Crippen molar-refractivity contribution in [2.75, 3.05) is 11.9 Å². The van der Waals surface area contributed by atoms with Gasteiger partial charge in [0.05, 0.1) is 18.6 Å². The Morgan fingerprint density at radius 2 is 1.88 bits per heavy atom. The maximum atomic E-state index is 12.2.